The Morgan fingerprint density at radius 3 is 2.19 bits per heavy atom. The Morgan fingerprint density at radius 2 is 1.48 bits per heavy atom. The molecule has 0 saturated carbocycles. The van der Waals surface area contributed by atoms with Crippen molar-refractivity contribution in [2.24, 2.45) is 4.99 Å². The van der Waals surface area contributed by atoms with E-state index in [0.717, 1.165) is 11.5 Å². The van der Waals surface area contributed by atoms with E-state index in [2.05, 4.69) is 4.99 Å². The van der Waals surface area contributed by atoms with Gasteiger partial charge in [-0.1, -0.05) is 42.5 Å². The Bertz CT molecular complexity index is 931. The standard InChI is InChI=1S/C23H21NO3/c1-17(16-22(25)18-8-4-3-5-9-18)24-21-10-6-7-11-23(21)27-20-14-12-19(26-2)13-15-20/h3-15H,16H2,1-2H3. The van der Waals surface area contributed by atoms with Crippen LogP contribution in [0.2, 0.25) is 0 Å². The monoisotopic (exact) mass is 359 g/mol. The summed E-state index contributed by atoms with van der Waals surface area (Å²) in [7, 11) is 1.62. The summed E-state index contributed by atoms with van der Waals surface area (Å²) in [6, 6.07) is 24.1. The number of ketones is 1. The Kier molecular flexibility index (Phi) is 6.00. The Balaban J connectivity index is 1.76. The van der Waals surface area contributed by atoms with Crippen LogP contribution in [-0.2, 0) is 0 Å². The molecule has 0 unspecified atom stereocenters. The molecule has 136 valence electrons. The number of carbonyl (C=O) groups excluding carboxylic acids is 1. The summed E-state index contributed by atoms with van der Waals surface area (Å²) < 4.78 is 11.1. The van der Waals surface area contributed by atoms with Gasteiger partial charge in [-0.2, -0.15) is 0 Å². The molecule has 0 N–H and O–H groups in total. The predicted molar refractivity (Wildman–Crippen MR) is 108 cm³/mol. The van der Waals surface area contributed by atoms with Crippen LogP contribution in [0.4, 0.5) is 5.69 Å². The van der Waals surface area contributed by atoms with E-state index >= 15 is 0 Å². The zero-order valence-corrected chi connectivity index (χ0v) is 15.4. The van der Waals surface area contributed by atoms with Crippen molar-refractivity contribution in [1.29, 1.82) is 0 Å². The first-order valence-electron chi connectivity index (χ1n) is 8.69. The molecule has 0 saturated heterocycles. The zero-order valence-electron chi connectivity index (χ0n) is 15.4. The molecule has 0 bridgehead atoms. The largest absolute Gasteiger partial charge is 0.497 e. The summed E-state index contributed by atoms with van der Waals surface area (Å²) in [6.07, 6.45) is 0.265. The molecule has 0 radical (unpaired) electrons. The fraction of sp³-hybridized carbons (Fsp3) is 0.130. The summed E-state index contributed by atoms with van der Waals surface area (Å²) >= 11 is 0. The van der Waals surface area contributed by atoms with Crippen LogP contribution in [0.25, 0.3) is 0 Å². The highest BCUT2D eigenvalue weighted by Crippen LogP contribution is 2.32. The molecule has 0 aliphatic rings. The number of nitrogens with zero attached hydrogens (tertiary/aromatic N) is 1. The fourth-order valence-corrected chi connectivity index (χ4v) is 2.61. The molecule has 0 fully saturated rings. The molecule has 0 aromatic heterocycles. The summed E-state index contributed by atoms with van der Waals surface area (Å²) in [6.45, 7) is 1.85. The van der Waals surface area contributed by atoms with E-state index in [1.54, 1.807) is 7.11 Å². The summed E-state index contributed by atoms with van der Waals surface area (Å²) in [4.78, 5) is 17.0. The number of Topliss-reactive ketones (excluding diaryl/α,β-unsaturated/α-hetero) is 1. The highest BCUT2D eigenvalue weighted by molar-refractivity contribution is 6.09. The van der Waals surface area contributed by atoms with Gasteiger partial charge in [0.25, 0.3) is 0 Å². The molecule has 0 amide bonds. The van der Waals surface area contributed by atoms with Gasteiger partial charge < -0.3 is 9.47 Å². The highest BCUT2D eigenvalue weighted by Gasteiger charge is 2.09. The molecule has 0 aliphatic carbocycles. The van der Waals surface area contributed by atoms with E-state index in [9.17, 15) is 4.79 Å². The first kappa shape index (κ1) is 18.4. The molecule has 4 heteroatoms. The lowest BCUT2D eigenvalue weighted by Gasteiger charge is -2.10. The van der Waals surface area contributed by atoms with Gasteiger partial charge in [0.1, 0.15) is 17.2 Å². The summed E-state index contributed by atoms with van der Waals surface area (Å²) in [5.74, 6) is 2.14. The van der Waals surface area contributed by atoms with E-state index in [-0.39, 0.29) is 12.2 Å². The van der Waals surface area contributed by atoms with Crippen molar-refractivity contribution in [3.8, 4) is 17.2 Å². The van der Waals surface area contributed by atoms with E-state index in [1.165, 1.54) is 0 Å². The second kappa shape index (κ2) is 8.81. The van der Waals surface area contributed by atoms with Crippen molar-refractivity contribution in [2.75, 3.05) is 7.11 Å². The van der Waals surface area contributed by atoms with Crippen molar-refractivity contribution in [1.82, 2.24) is 0 Å². The van der Waals surface area contributed by atoms with Gasteiger partial charge in [-0.05, 0) is 43.3 Å². The van der Waals surface area contributed by atoms with E-state index in [1.807, 2.05) is 85.8 Å². The first-order valence-corrected chi connectivity index (χ1v) is 8.69. The Morgan fingerprint density at radius 1 is 0.852 bits per heavy atom. The van der Waals surface area contributed by atoms with Crippen LogP contribution in [0.3, 0.4) is 0 Å². The van der Waals surface area contributed by atoms with Crippen LogP contribution in [0.1, 0.15) is 23.7 Å². The third-order valence-corrected chi connectivity index (χ3v) is 3.98. The molecule has 0 heterocycles. The second-order valence-electron chi connectivity index (χ2n) is 6.06. The molecule has 0 aliphatic heterocycles. The second-order valence-corrected chi connectivity index (χ2v) is 6.06. The van der Waals surface area contributed by atoms with Crippen LogP contribution >= 0.6 is 0 Å². The number of rotatable bonds is 7. The number of methoxy groups -OCH3 is 1. The van der Waals surface area contributed by atoms with Gasteiger partial charge >= 0.3 is 0 Å². The Labute approximate surface area is 159 Å². The van der Waals surface area contributed by atoms with Crippen LogP contribution in [0, 0.1) is 0 Å². The smallest absolute Gasteiger partial charge is 0.168 e. The number of ether oxygens (including phenoxy) is 2. The lowest BCUT2D eigenvalue weighted by atomic mass is 10.1. The van der Waals surface area contributed by atoms with E-state index in [4.69, 9.17) is 9.47 Å². The first-order chi connectivity index (χ1) is 13.2. The topological polar surface area (TPSA) is 47.9 Å². The minimum atomic E-state index is 0.0467. The van der Waals surface area contributed by atoms with Crippen LogP contribution in [0.15, 0.2) is 83.9 Å². The number of para-hydroxylation sites is 2. The van der Waals surface area contributed by atoms with E-state index < -0.39 is 0 Å². The van der Waals surface area contributed by atoms with E-state index in [0.29, 0.717) is 22.7 Å². The van der Waals surface area contributed by atoms with Gasteiger partial charge in [0.05, 0.1) is 7.11 Å². The van der Waals surface area contributed by atoms with Crippen LogP contribution in [-0.4, -0.2) is 18.6 Å². The maximum absolute atomic E-state index is 12.4. The van der Waals surface area contributed by atoms with Crippen LogP contribution < -0.4 is 9.47 Å². The van der Waals surface area contributed by atoms with Gasteiger partial charge in [0.2, 0.25) is 0 Å². The minimum absolute atomic E-state index is 0.0467. The molecule has 4 nitrogen and oxygen atoms in total. The zero-order chi connectivity index (χ0) is 19.1. The molecule has 0 atom stereocenters. The summed E-state index contributed by atoms with van der Waals surface area (Å²) in [5, 5.41) is 0. The third-order valence-electron chi connectivity index (χ3n) is 3.98. The van der Waals surface area contributed by atoms with Crippen molar-refractivity contribution in [3.05, 3.63) is 84.4 Å². The van der Waals surface area contributed by atoms with Gasteiger partial charge in [-0.3, -0.25) is 9.79 Å². The molecular formula is C23H21NO3. The number of hydrogen-bond donors (Lipinski definition) is 0. The maximum atomic E-state index is 12.4. The molecule has 3 rings (SSSR count). The third kappa shape index (κ3) is 5.05. The van der Waals surface area contributed by atoms with Gasteiger partial charge in [0, 0.05) is 17.7 Å². The molecule has 3 aromatic rings. The van der Waals surface area contributed by atoms with Gasteiger partial charge in [-0.25, -0.2) is 0 Å². The lowest BCUT2D eigenvalue weighted by molar-refractivity contribution is 0.100. The fourth-order valence-electron chi connectivity index (χ4n) is 2.61. The lowest BCUT2D eigenvalue weighted by Crippen LogP contribution is -2.05. The highest BCUT2D eigenvalue weighted by atomic mass is 16.5. The SMILES string of the molecule is COc1ccc(Oc2ccccc2N=C(C)CC(=O)c2ccccc2)cc1. The minimum Gasteiger partial charge on any atom is -0.497 e. The number of benzene rings is 3. The molecule has 27 heavy (non-hydrogen) atoms. The number of hydrogen-bond acceptors (Lipinski definition) is 4. The van der Waals surface area contributed by atoms with Gasteiger partial charge in [-0.15, -0.1) is 0 Å². The van der Waals surface area contributed by atoms with Crippen molar-refractivity contribution in [3.63, 3.8) is 0 Å². The molecule has 0 spiro atoms. The average molecular weight is 359 g/mol. The van der Waals surface area contributed by atoms with Gasteiger partial charge in [0.15, 0.2) is 11.5 Å². The Hall–Kier alpha value is -3.40. The van der Waals surface area contributed by atoms with Crippen molar-refractivity contribution >= 4 is 17.2 Å². The normalized spacial score (nSPS) is 11.1. The summed E-state index contributed by atoms with van der Waals surface area (Å²) in [5.41, 5.74) is 2.11. The average Bonchev–Trinajstić information content (AvgIpc) is 2.70. The quantitative estimate of drug-likeness (QED) is 0.392. The number of aliphatic imine (C=N–C) groups is 1. The predicted octanol–water partition coefficient (Wildman–Crippen LogP) is 5.85. The molecule has 3 aromatic carbocycles. The van der Waals surface area contributed by atoms with Crippen LogP contribution in [0.5, 0.6) is 17.2 Å². The molecular weight excluding hydrogens is 338 g/mol. The maximum Gasteiger partial charge on any atom is 0.168 e. The van der Waals surface area contributed by atoms with Crippen molar-refractivity contribution in [2.45, 2.75) is 13.3 Å². The number of carbonyl (C=O) groups is 1. The van der Waals surface area contributed by atoms with Crippen molar-refractivity contribution < 1.29 is 14.3 Å².